The van der Waals surface area contributed by atoms with Crippen molar-refractivity contribution in [3.05, 3.63) is 53.1 Å². The van der Waals surface area contributed by atoms with E-state index < -0.39 is 21.8 Å². The van der Waals surface area contributed by atoms with Crippen molar-refractivity contribution in [2.45, 2.75) is 6.42 Å². The van der Waals surface area contributed by atoms with Gasteiger partial charge in [0, 0.05) is 17.7 Å². The fourth-order valence-corrected chi connectivity index (χ4v) is 4.26. The van der Waals surface area contributed by atoms with Crippen LogP contribution in [-0.4, -0.2) is 33.1 Å². The number of anilines is 2. The predicted molar refractivity (Wildman–Crippen MR) is 98.3 cm³/mol. The first-order valence-corrected chi connectivity index (χ1v) is 9.61. The van der Waals surface area contributed by atoms with Gasteiger partial charge >= 0.3 is 0 Å². The summed E-state index contributed by atoms with van der Waals surface area (Å²) in [5, 5.41) is 2.76. The van der Waals surface area contributed by atoms with Crippen molar-refractivity contribution in [3.8, 4) is 5.75 Å². The van der Waals surface area contributed by atoms with E-state index in [9.17, 15) is 18.0 Å². The zero-order valence-corrected chi connectivity index (χ0v) is 15.3. The minimum Gasteiger partial charge on any atom is -0.497 e. The van der Waals surface area contributed by atoms with Crippen molar-refractivity contribution in [1.82, 2.24) is 0 Å². The third-order valence-electron chi connectivity index (χ3n) is 3.85. The third kappa shape index (κ3) is 3.51. The fourth-order valence-electron chi connectivity index (χ4n) is 2.54. The molecule has 136 valence electrons. The summed E-state index contributed by atoms with van der Waals surface area (Å²) in [6.07, 6.45) is -0.110. The highest BCUT2D eigenvalue weighted by molar-refractivity contribution is 7.94. The molecule has 2 aromatic carbocycles. The average molecular weight is 395 g/mol. The van der Waals surface area contributed by atoms with E-state index in [1.807, 2.05) is 0 Å². The number of sulfonamides is 1. The quantitative estimate of drug-likeness (QED) is 0.860. The average Bonchev–Trinajstić information content (AvgIpc) is 2.89. The Morgan fingerprint density at radius 2 is 1.88 bits per heavy atom. The van der Waals surface area contributed by atoms with E-state index in [0.29, 0.717) is 15.7 Å². The monoisotopic (exact) mass is 394 g/mol. The molecule has 1 heterocycles. The molecule has 0 spiro atoms. The summed E-state index contributed by atoms with van der Waals surface area (Å²) in [4.78, 5) is 24.4. The Balaban J connectivity index is 1.89. The number of carbonyl (C=O) groups excluding carboxylic acids is 2. The molecule has 0 saturated carbocycles. The number of benzene rings is 2. The molecule has 0 radical (unpaired) electrons. The molecule has 1 aliphatic heterocycles. The number of nitrogens with one attached hydrogen (secondary N) is 1. The molecule has 0 aromatic heterocycles. The number of hydrogen-bond donors (Lipinski definition) is 1. The van der Waals surface area contributed by atoms with Gasteiger partial charge in [-0.2, -0.15) is 0 Å². The minimum absolute atomic E-state index is 0.0171. The number of amides is 2. The number of ether oxygens (including phenoxy) is 1. The first kappa shape index (κ1) is 18.2. The molecule has 1 N–H and O–H groups in total. The topological polar surface area (TPSA) is 92.8 Å². The van der Waals surface area contributed by atoms with Crippen LogP contribution < -0.4 is 14.4 Å². The smallest absolute Gasteiger partial charge is 0.255 e. The lowest BCUT2D eigenvalue weighted by Gasteiger charge is -2.17. The van der Waals surface area contributed by atoms with E-state index in [1.165, 1.54) is 25.3 Å². The van der Waals surface area contributed by atoms with Crippen LogP contribution in [0.4, 0.5) is 11.4 Å². The van der Waals surface area contributed by atoms with Crippen molar-refractivity contribution < 1.29 is 22.7 Å². The molecule has 3 rings (SSSR count). The van der Waals surface area contributed by atoms with Crippen LogP contribution in [0.25, 0.3) is 0 Å². The van der Waals surface area contributed by atoms with Crippen molar-refractivity contribution in [1.29, 1.82) is 0 Å². The lowest BCUT2D eigenvalue weighted by atomic mass is 10.1. The van der Waals surface area contributed by atoms with E-state index in [0.717, 1.165) is 0 Å². The number of carbonyl (C=O) groups is 2. The Hall–Kier alpha value is -2.58. The zero-order valence-electron chi connectivity index (χ0n) is 13.7. The lowest BCUT2D eigenvalue weighted by molar-refractivity contribution is -0.116. The van der Waals surface area contributed by atoms with Crippen LogP contribution in [0.5, 0.6) is 5.75 Å². The van der Waals surface area contributed by atoms with Gasteiger partial charge in [0.15, 0.2) is 0 Å². The van der Waals surface area contributed by atoms with Gasteiger partial charge in [0.2, 0.25) is 15.9 Å². The minimum atomic E-state index is -3.77. The summed E-state index contributed by atoms with van der Waals surface area (Å²) in [5.74, 6) is -0.656. The van der Waals surface area contributed by atoms with Crippen molar-refractivity contribution in [3.63, 3.8) is 0 Å². The van der Waals surface area contributed by atoms with Crippen LogP contribution in [-0.2, 0) is 14.8 Å². The molecule has 26 heavy (non-hydrogen) atoms. The maximum Gasteiger partial charge on any atom is 0.255 e. The van der Waals surface area contributed by atoms with Gasteiger partial charge in [-0.1, -0.05) is 11.6 Å². The maximum atomic E-state index is 12.5. The normalized spacial score (nSPS) is 15.8. The highest BCUT2D eigenvalue weighted by Crippen LogP contribution is 2.33. The summed E-state index contributed by atoms with van der Waals surface area (Å²) >= 11 is 6.06. The molecule has 2 aromatic rings. The van der Waals surface area contributed by atoms with E-state index in [-0.39, 0.29) is 28.4 Å². The molecule has 1 aliphatic rings. The largest absolute Gasteiger partial charge is 0.497 e. The molecule has 0 atom stereocenters. The summed E-state index contributed by atoms with van der Waals surface area (Å²) in [6, 6.07) is 10.9. The Bertz CT molecular complexity index is 973. The Morgan fingerprint density at radius 1 is 1.19 bits per heavy atom. The molecule has 0 bridgehead atoms. The highest BCUT2D eigenvalue weighted by atomic mass is 35.5. The second-order valence-electron chi connectivity index (χ2n) is 5.57. The van der Waals surface area contributed by atoms with Gasteiger partial charge in [0.1, 0.15) is 5.75 Å². The molecule has 1 fully saturated rings. The highest BCUT2D eigenvalue weighted by Gasteiger charge is 2.37. The fraction of sp³-hybridized carbons (Fsp3) is 0.176. The van der Waals surface area contributed by atoms with Gasteiger partial charge in [-0.15, -0.1) is 0 Å². The number of methoxy groups -OCH3 is 1. The Labute approximate surface area is 155 Å². The van der Waals surface area contributed by atoms with Gasteiger partial charge < -0.3 is 10.1 Å². The van der Waals surface area contributed by atoms with E-state index in [1.54, 1.807) is 24.3 Å². The molecule has 7 nitrogen and oxygen atoms in total. The first-order valence-electron chi connectivity index (χ1n) is 7.62. The maximum absolute atomic E-state index is 12.5. The van der Waals surface area contributed by atoms with Gasteiger partial charge in [-0.25, -0.2) is 12.7 Å². The second kappa shape index (κ2) is 6.97. The van der Waals surface area contributed by atoms with Crippen LogP contribution in [0.3, 0.4) is 0 Å². The molecule has 0 aliphatic carbocycles. The van der Waals surface area contributed by atoms with Gasteiger partial charge in [0.05, 0.1) is 23.6 Å². The Kier molecular flexibility index (Phi) is 4.88. The molecular formula is C17H15ClN2O5S. The molecular weight excluding hydrogens is 380 g/mol. The summed E-state index contributed by atoms with van der Waals surface area (Å²) in [7, 11) is -2.23. The third-order valence-corrected chi connectivity index (χ3v) is 5.85. The van der Waals surface area contributed by atoms with E-state index in [2.05, 4.69) is 5.32 Å². The van der Waals surface area contributed by atoms with Gasteiger partial charge in [0.25, 0.3) is 5.91 Å². The van der Waals surface area contributed by atoms with Crippen LogP contribution >= 0.6 is 11.6 Å². The van der Waals surface area contributed by atoms with Crippen molar-refractivity contribution in [2.75, 3.05) is 22.5 Å². The second-order valence-corrected chi connectivity index (χ2v) is 7.92. The van der Waals surface area contributed by atoms with E-state index in [4.69, 9.17) is 16.3 Å². The van der Waals surface area contributed by atoms with Crippen LogP contribution in [0, 0.1) is 0 Å². The number of nitrogens with zero attached hydrogens (tertiary/aromatic N) is 1. The van der Waals surface area contributed by atoms with Crippen molar-refractivity contribution >= 4 is 44.8 Å². The molecule has 2 amide bonds. The summed E-state index contributed by atoms with van der Waals surface area (Å²) in [5.41, 5.74) is 0.698. The van der Waals surface area contributed by atoms with Crippen LogP contribution in [0.1, 0.15) is 16.8 Å². The van der Waals surface area contributed by atoms with E-state index >= 15 is 0 Å². The standard InChI is InChI=1S/C17H15ClN2O5S/c1-25-13-5-3-12(4-6-13)19-17(22)11-2-7-14(18)15(10-11)20-16(21)8-9-26(20,23)24/h2-7,10H,8-9H2,1H3,(H,19,22). The number of halogens is 1. The van der Waals surface area contributed by atoms with Crippen LogP contribution in [0.15, 0.2) is 42.5 Å². The summed E-state index contributed by atoms with van der Waals surface area (Å²) < 4.78 is 29.9. The number of rotatable bonds is 4. The summed E-state index contributed by atoms with van der Waals surface area (Å²) in [6.45, 7) is 0. The lowest BCUT2D eigenvalue weighted by Crippen LogP contribution is -2.29. The molecule has 9 heteroatoms. The first-order chi connectivity index (χ1) is 12.3. The predicted octanol–water partition coefficient (Wildman–Crippen LogP) is 2.67. The zero-order chi connectivity index (χ0) is 18.9. The number of hydrogen-bond acceptors (Lipinski definition) is 5. The van der Waals surface area contributed by atoms with Crippen LogP contribution in [0.2, 0.25) is 5.02 Å². The Morgan fingerprint density at radius 3 is 2.46 bits per heavy atom. The van der Waals surface area contributed by atoms with Gasteiger partial charge in [-0.05, 0) is 42.5 Å². The molecule has 0 unspecified atom stereocenters. The van der Waals surface area contributed by atoms with Gasteiger partial charge in [-0.3, -0.25) is 9.59 Å². The SMILES string of the molecule is COc1ccc(NC(=O)c2ccc(Cl)c(N3C(=O)CCS3(=O)=O)c2)cc1. The van der Waals surface area contributed by atoms with Crippen molar-refractivity contribution in [2.24, 2.45) is 0 Å². The molecule has 1 saturated heterocycles.